The first-order chi connectivity index (χ1) is 11.1. The Labute approximate surface area is 149 Å². The molecule has 1 rings (SSSR count). The van der Waals surface area contributed by atoms with Gasteiger partial charge in [0.1, 0.15) is 11.5 Å². The van der Waals surface area contributed by atoms with Crippen molar-refractivity contribution in [3.63, 3.8) is 0 Å². The number of halogens is 1. The first kappa shape index (κ1) is 20.5. The Morgan fingerprint density at radius 1 is 1.29 bits per heavy atom. The van der Waals surface area contributed by atoms with Crippen LogP contribution in [0.15, 0.2) is 11.6 Å². The smallest absolute Gasteiger partial charge is 0.154 e. The number of phenols is 2. The third-order valence-corrected chi connectivity index (χ3v) is 4.91. The molecule has 0 aliphatic rings. The van der Waals surface area contributed by atoms with Gasteiger partial charge in [-0.3, -0.25) is 4.79 Å². The number of aromatic hydroxyl groups is 2. The van der Waals surface area contributed by atoms with Crippen LogP contribution in [0.3, 0.4) is 0 Å². The third-order valence-electron chi connectivity index (χ3n) is 4.44. The van der Waals surface area contributed by atoms with Crippen LogP contribution in [-0.4, -0.2) is 29.2 Å². The lowest BCUT2D eigenvalue weighted by Gasteiger charge is -2.22. The molecule has 1 aromatic carbocycles. The molecule has 0 amide bonds. The maximum absolute atomic E-state index is 11.1. The number of carbonyl (C=O) groups excluding carboxylic acids is 1. The highest BCUT2D eigenvalue weighted by atomic mass is 35.5. The Balaban J connectivity index is 2.86. The lowest BCUT2D eigenvalue weighted by atomic mass is 9.97. The molecule has 1 aromatic rings. The summed E-state index contributed by atoms with van der Waals surface area (Å²) in [4.78, 5) is 11.1. The van der Waals surface area contributed by atoms with Crippen LogP contribution in [0.2, 0.25) is 5.02 Å². The van der Waals surface area contributed by atoms with Gasteiger partial charge in [0.05, 0.1) is 16.2 Å². The molecule has 0 aromatic heterocycles. The Bertz CT molecular complexity index is 633. The predicted molar refractivity (Wildman–Crippen MR) is 97.3 cm³/mol. The van der Waals surface area contributed by atoms with E-state index in [0.717, 1.165) is 24.8 Å². The summed E-state index contributed by atoms with van der Waals surface area (Å²) in [6, 6.07) is 0. The van der Waals surface area contributed by atoms with E-state index in [9.17, 15) is 15.0 Å². The molecule has 5 heteroatoms. The van der Waals surface area contributed by atoms with E-state index in [4.69, 9.17) is 16.3 Å². The topological polar surface area (TPSA) is 66.8 Å². The minimum atomic E-state index is -0.200. The van der Waals surface area contributed by atoms with Crippen molar-refractivity contribution in [2.24, 2.45) is 0 Å². The molecule has 2 N–H and O–H groups in total. The van der Waals surface area contributed by atoms with E-state index in [2.05, 4.69) is 13.8 Å². The summed E-state index contributed by atoms with van der Waals surface area (Å²) < 4.78 is 5.40. The summed E-state index contributed by atoms with van der Waals surface area (Å²) in [7, 11) is 1.71. The number of methoxy groups -OCH3 is 1. The number of aldehydes is 1. The summed E-state index contributed by atoms with van der Waals surface area (Å²) in [5, 5.41) is 20.5. The van der Waals surface area contributed by atoms with E-state index >= 15 is 0 Å². The summed E-state index contributed by atoms with van der Waals surface area (Å²) in [5.74, 6) is -0.365. The van der Waals surface area contributed by atoms with E-state index in [1.54, 1.807) is 14.0 Å². The van der Waals surface area contributed by atoms with Crippen molar-refractivity contribution in [2.45, 2.75) is 59.0 Å². The van der Waals surface area contributed by atoms with Crippen LogP contribution in [0, 0.1) is 6.92 Å². The van der Waals surface area contributed by atoms with E-state index in [0.29, 0.717) is 18.3 Å². The SMILES string of the molecule is COC(C)(C)CCC/C(C)=C/Cc1c(O)c(Cl)c(C)c(C=O)c1O. The number of phenolic OH excluding ortho intramolecular Hbond substituents is 2. The fraction of sp³-hybridized carbons (Fsp3) is 0.526. The highest BCUT2D eigenvalue weighted by molar-refractivity contribution is 6.33. The summed E-state index contributed by atoms with van der Waals surface area (Å²) in [6.45, 7) is 7.70. The van der Waals surface area contributed by atoms with E-state index in [1.165, 1.54) is 0 Å². The van der Waals surface area contributed by atoms with Gasteiger partial charge >= 0.3 is 0 Å². The van der Waals surface area contributed by atoms with Gasteiger partial charge < -0.3 is 14.9 Å². The first-order valence-corrected chi connectivity index (χ1v) is 8.41. The number of allylic oxidation sites excluding steroid dienone is 2. The van der Waals surface area contributed by atoms with E-state index < -0.39 is 0 Å². The zero-order chi connectivity index (χ0) is 18.5. The van der Waals surface area contributed by atoms with Crippen molar-refractivity contribution < 1.29 is 19.7 Å². The predicted octanol–water partition coefficient (Wildman–Crippen LogP) is 4.96. The minimum Gasteiger partial charge on any atom is -0.507 e. The van der Waals surface area contributed by atoms with E-state index in [-0.39, 0.29) is 33.2 Å². The van der Waals surface area contributed by atoms with Crippen LogP contribution in [0.4, 0.5) is 0 Å². The monoisotopic (exact) mass is 354 g/mol. The molecule has 0 radical (unpaired) electrons. The molecule has 24 heavy (non-hydrogen) atoms. The average Bonchev–Trinajstić information content (AvgIpc) is 2.53. The summed E-state index contributed by atoms with van der Waals surface area (Å²) in [6.07, 6.45) is 5.64. The Morgan fingerprint density at radius 3 is 2.46 bits per heavy atom. The van der Waals surface area contributed by atoms with Gasteiger partial charge in [0.2, 0.25) is 0 Å². The molecule has 4 nitrogen and oxygen atoms in total. The number of carbonyl (C=O) groups is 1. The van der Waals surface area contributed by atoms with Crippen LogP contribution < -0.4 is 0 Å². The Morgan fingerprint density at radius 2 is 1.92 bits per heavy atom. The third kappa shape index (κ3) is 4.99. The van der Waals surface area contributed by atoms with Crippen LogP contribution in [-0.2, 0) is 11.2 Å². The summed E-state index contributed by atoms with van der Waals surface area (Å²) in [5.41, 5.74) is 1.79. The van der Waals surface area contributed by atoms with Gasteiger partial charge in [0, 0.05) is 12.7 Å². The molecule has 0 saturated heterocycles. The number of hydrogen-bond acceptors (Lipinski definition) is 4. The maximum Gasteiger partial charge on any atom is 0.154 e. The molecule has 0 saturated carbocycles. The standard InChI is InChI=1S/C19H27ClO4/c1-12(7-6-10-19(3,4)24-5)8-9-14-17(22)15(11-21)13(2)16(20)18(14)23/h8,11,22-23H,6-7,9-10H2,1-5H3/b12-8+. The first-order valence-electron chi connectivity index (χ1n) is 8.03. The highest BCUT2D eigenvalue weighted by Crippen LogP contribution is 2.40. The van der Waals surface area contributed by atoms with Crippen molar-refractivity contribution in [3.8, 4) is 11.5 Å². The zero-order valence-electron chi connectivity index (χ0n) is 15.1. The van der Waals surface area contributed by atoms with Crippen LogP contribution in [0.25, 0.3) is 0 Å². The molecule has 0 aliphatic carbocycles. The lowest BCUT2D eigenvalue weighted by molar-refractivity contribution is 0.0140. The van der Waals surface area contributed by atoms with Gasteiger partial charge in [0.25, 0.3) is 0 Å². The molecule has 0 unspecified atom stereocenters. The van der Waals surface area contributed by atoms with Crippen molar-refractivity contribution in [3.05, 3.63) is 33.4 Å². The fourth-order valence-corrected chi connectivity index (χ4v) is 2.71. The van der Waals surface area contributed by atoms with Crippen molar-refractivity contribution in [1.29, 1.82) is 0 Å². The molecule has 0 spiro atoms. The molecule has 0 heterocycles. The van der Waals surface area contributed by atoms with Gasteiger partial charge in [-0.15, -0.1) is 0 Å². The molecule has 0 fully saturated rings. The molecular formula is C19H27ClO4. The Hall–Kier alpha value is -1.52. The zero-order valence-corrected chi connectivity index (χ0v) is 15.8. The Kier molecular flexibility index (Phi) is 7.30. The lowest BCUT2D eigenvalue weighted by Crippen LogP contribution is -2.21. The highest BCUT2D eigenvalue weighted by Gasteiger charge is 2.19. The fourth-order valence-electron chi connectivity index (χ4n) is 2.49. The molecular weight excluding hydrogens is 328 g/mol. The number of ether oxygens (including phenoxy) is 1. The van der Waals surface area contributed by atoms with Gasteiger partial charge in [-0.2, -0.15) is 0 Å². The van der Waals surface area contributed by atoms with Gasteiger partial charge in [-0.1, -0.05) is 23.3 Å². The summed E-state index contributed by atoms with van der Waals surface area (Å²) >= 11 is 6.05. The van der Waals surface area contributed by atoms with Gasteiger partial charge in [-0.05, 0) is 58.9 Å². The normalized spacial score (nSPS) is 12.5. The minimum absolute atomic E-state index is 0.109. The van der Waals surface area contributed by atoms with Crippen LogP contribution in [0.5, 0.6) is 11.5 Å². The second-order valence-corrected chi connectivity index (χ2v) is 7.10. The molecule has 0 bridgehead atoms. The number of rotatable bonds is 8. The maximum atomic E-state index is 11.1. The van der Waals surface area contributed by atoms with E-state index in [1.807, 2.05) is 13.0 Å². The molecule has 134 valence electrons. The quantitative estimate of drug-likeness (QED) is 0.511. The second kappa shape index (κ2) is 8.54. The van der Waals surface area contributed by atoms with Crippen LogP contribution >= 0.6 is 11.6 Å². The van der Waals surface area contributed by atoms with Crippen molar-refractivity contribution in [1.82, 2.24) is 0 Å². The average molecular weight is 355 g/mol. The molecule has 0 aliphatic heterocycles. The second-order valence-electron chi connectivity index (χ2n) is 6.72. The van der Waals surface area contributed by atoms with Gasteiger partial charge in [0.15, 0.2) is 6.29 Å². The number of benzene rings is 1. The number of hydrogen-bond donors (Lipinski definition) is 2. The van der Waals surface area contributed by atoms with Crippen molar-refractivity contribution in [2.75, 3.05) is 7.11 Å². The molecule has 0 atom stereocenters. The largest absolute Gasteiger partial charge is 0.507 e. The van der Waals surface area contributed by atoms with Crippen LogP contribution in [0.1, 0.15) is 61.5 Å². The van der Waals surface area contributed by atoms with Crippen molar-refractivity contribution >= 4 is 17.9 Å². The van der Waals surface area contributed by atoms with Gasteiger partial charge in [-0.25, -0.2) is 0 Å².